The summed E-state index contributed by atoms with van der Waals surface area (Å²) in [7, 11) is 1.48. The topological polar surface area (TPSA) is 78.8 Å². The third-order valence-corrected chi connectivity index (χ3v) is 2.94. The highest BCUT2D eigenvalue weighted by molar-refractivity contribution is 5.73. The van der Waals surface area contributed by atoms with Crippen molar-refractivity contribution in [1.29, 1.82) is 0 Å². The Morgan fingerprint density at radius 2 is 2.33 bits per heavy atom. The molecule has 5 heteroatoms. The largest absolute Gasteiger partial charge is 0.480 e. The van der Waals surface area contributed by atoms with Gasteiger partial charge in [-0.3, -0.25) is 10.1 Å². The zero-order valence-corrected chi connectivity index (χ0v) is 8.98. The number of rotatable bonds is 6. The number of hydrogen-bond acceptors (Lipinski definition) is 4. The van der Waals surface area contributed by atoms with E-state index >= 15 is 0 Å². The van der Waals surface area contributed by atoms with Gasteiger partial charge in [-0.05, 0) is 18.8 Å². The number of aliphatic carboxylic acids is 1. The number of hydrogen-bond donors (Lipinski definition) is 3. The first-order valence-electron chi connectivity index (χ1n) is 5.27. The van der Waals surface area contributed by atoms with E-state index in [2.05, 4.69) is 5.32 Å². The van der Waals surface area contributed by atoms with E-state index < -0.39 is 12.0 Å². The van der Waals surface area contributed by atoms with Crippen LogP contribution in [-0.2, 0) is 9.53 Å². The molecule has 1 aliphatic carbocycles. The maximum atomic E-state index is 10.9. The van der Waals surface area contributed by atoms with E-state index in [-0.39, 0.29) is 25.2 Å². The van der Waals surface area contributed by atoms with E-state index in [0.29, 0.717) is 0 Å². The molecule has 0 heterocycles. The third kappa shape index (κ3) is 3.44. The van der Waals surface area contributed by atoms with Crippen molar-refractivity contribution in [3.8, 4) is 0 Å². The molecular weight excluding hydrogens is 198 g/mol. The molecule has 0 aromatic heterocycles. The minimum atomic E-state index is -0.902. The Labute approximate surface area is 89.4 Å². The second-order valence-electron chi connectivity index (χ2n) is 3.99. The number of nitrogens with one attached hydrogen (secondary N) is 1. The first-order chi connectivity index (χ1) is 7.19. The average Bonchev–Trinajstić information content (AvgIpc) is 2.64. The monoisotopic (exact) mass is 217 g/mol. The molecule has 3 unspecified atom stereocenters. The lowest BCUT2D eigenvalue weighted by Crippen LogP contribution is -2.47. The van der Waals surface area contributed by atoms with Gasteiger partial charge < -0.3 is 14.9 Å². The summed E-state index contributed by atoms with van der Waals surface area (Å²) in [5.41, 5.74) is 0. The Bertz CT molecular complexity index is 210. The van der Waals surface area contributed by atoms with E-state index in [1.165, 1.54) is 7.11 Å². The molecule has 0 spiro atoms. The highest BCUT2D eigenvalue weighted by atomic mass is 16.5. The van der Waals surface area contributed by atoms with Crippen LogP contribution in [-0.4, -0.2) is 48.6 Å². The molecule has 88 valence electrons. The van der Waals surface area contributed by atoms with Crippen LogP contribution in [0.5, 0.6) is 0 Å². The number of carboxylic acid groups (broad SMARTS) is 1. The van der Waals surface area contributed by atoms with Crippen molar-refractivity contribution >= 4 is 5.97 Å². The van der Waals surface area contributed by atoms with Crippen LogP contribution in [0.2, 0.25) is 0 Å². The summed E-state index contributed by atoms with van der Waals surface area (Å²) in [5.74, 6) is -0.718. The molecule has 0 saturated heterocycles. The molecule has 15 heavy (non-hydrogen) atoms. The second-order valence-corrected chi connectivity index (χ2v) is 3.99. The Kier molecular flexibility index (Phi) is 5.01. The van der Waals surface area contributed by atoms with Crippen LogP contribution in [0.25, 0.3) is 0 Å². The summed E-state index contributed by atoms with van der Waals surface area (Å²) in [6.07, 6.45) is 2.94. The van der Waals surface area contributed by atoms with Gasteiger partial charge in [0.25, 0.3) is 0 Å². The van der Waals surface area contributed by atoms with Gasteiger partial charge >= 0.3 is 5.97 Å². The minimum absolute atomic E-state index is 0.103. The van der Waals surface area contributed by atoms with E-state index in [1.807, 2.05) is 0 Å². The molecule has 0 amide bonds. The molecule has 0 aromatic carbocycles. The molecule has 1 fully saturated rings. The molecule has 5 nitrogen and oxygen atoms in total. The van der Waals surface area contributed by atoms with Crippen molar-refractivity contribution in [2.45, 2.75) is 31.3 Å². The van der Waals surface area contributed by atoms with E-state index in [0.717, 1.165) is 19.3 Å². The van der Waals surface area contributed by atoms with Gasteiger partial charge in [-0.1, -0.05) is 6.42 Å². The zero-order chi connectivity index (χ0) is 11.3. The SMILES string of the molecule is COCC(NC1CCCC1CO)C(=O)O. The summed E-state index contributed by atoms with van der Waals surface area (Å²) in [6, 6.07) is -0.571. The fourth-order valence-electron chi connectivity index (χ4n) is 2.09. The van der Waals surface area contributed by atoms with Crippen LogP contribution in [0.15, 0.2) is 0 Å². The van der Waals surface area contributed by atoms with Crippen LogP contribution in [0.1, 0.15) is 19.3 Å². The molecule has 0 radical (unpaired) electrons. The number of ether oxygens (including phenoxy) is 1. The van der Waals surface area contributed by atoms with E-state index in [1.54, 1.807) is 0 Å². The van der Waals surface area contributed by atoms with Crippen molar-refractivity contribution in [3.05, 3.63) is 0 Å². The highest BCUT2D eigenvalue weighted by Crippen LogP contribution is 2.25. The van der Waals surface area contributed by atoms with Gasteiger partial charge in [0.1, 0.15) is 6.04 Å². The second kappa shape index (κ2) is 6.05. The van der Waals surface area contributed by atoms with Gasteiger partial charge in [0.2, 0.25) is 0 Å². The van der Waals surface area contributed by atoms with Gasteiger partial charge in [-0.2, -0.15) is 0 Å². The lowest BCUT2D eigenvalue weighted by Gasteiger charge is -2.23. The number of carboxylic acids is 1. The minimum Gasteiger partial charge on any atom is -0.480 e. The van der Waals surface area contributed by atoms with Crippen molar-refractivity contribution < 1.29 is 19.7 Å². The zero-order valence-electron chi connectivity index (χ0n) is 8.98. The molecule has 3 N–H and O–H groups in total. The van der Waals surface area contributed by atoms with Crippen molar-refractivity contribution in [3.63, 3.8) is 0 Å². The highest BCUT2D eigenvalue weighted by Gasteiger charge is 2.30. The molecule has 3 atom stereocenters. The van der Waals surface area contributed by atoms with Crippen molar-refractivity contribution in [1.82, 2.24) is 5.32 Å². The summed E-state index contributed by atoms with van der Waals surface area (Å²) in [4.78, 5) is 10.9. The lowest BCUT2D eigenvalue weighted by atomic mass is 10.0. The van der Waals surface area contributed by atoms with Gasteiger partial charge in [0, 0.05) is 19.8 Å². The summed E-state index contributed by atoms with van der Waals surface area (Å²) >= 11 is 0. The molecular formula is C10H19NO4. The normalized spacial score (nSPS) is 27.9. The Morgan fingerprint density at radius 1 is 1.60 bits per heavy atom. The van der Waals surface area contributed by atoms with E-state index in [4.69, 9.17) is 14.9 Å². The first-order valence-corrected chi connectivity index (χ1v) is 5.27. The fraction of sp³-hybridized carbons (Fsp3) is 0.900. The smallest absolute Gasteiger partial charge is 0.323 e. The summed E-state index contributed by atoms with van der Waals surface area (Å²) in [5, 5.41) is 21.1. The molecule has 0 aromatic rings. The average molecular weight is 217 g/mol. The van der Waals surface area contributed by atoms with Gasteiger partial charge in [-0.25, -0.2) is 0 Å². The molecule has 0 aliphatic heterocycles. The van der Waals surface area contributed by atoms with Crippen LogP contribution in [0, 0.1) is 5.92 Å². The van der Waals surface area contributed by atoms with Crippen LogP contribution in [0.4, 0.5) is 0 Å². The number of carbonyl (C=O) groups is 1. The maximum absolute atomic E-state index is 10.9. The van der Waals surface area contributed by atoms with Crippen molar-refractivity contribution in [2.75, 3.05) is 20.3 Å². The van der Waals surface area contributed by atoms with Gasteiger partial charge in [-0.15, -0.1) is 0 Å². The van der Waals surface area contributed by atoms with Gasteiger partial charge in [0.05, 0.1) is 6.61 Å². The Morgan fingerprint density at radius 3 is 2.87 bits per heavy atom. The van der Waals surface area contributed by atoms with Crippen molar-refractivity contribution in [2.24, 2.45) is 5.92 Å². The molecule has 1 rings (SSSR count). The lowest BCUT2D eigenvalue weighted by molar-refractivity contribution is -0.141. The molecule has 0 bridgehead atoms. The fourth-order valence-corrected chi connectivity index (χ4v) is 2.09. The number of methoxy groups -OCH3 is 1. The first kappa shape index (κ1) is 12.4. The molecule has 1 saturated carbocycles. The van der Waals surface area contributed by atoms with Crippen LogP contribution >= 0.6 is 0 Å². The number of aliphatic hydroxyl groups excluding tert-OH is 1. The predicted octanol–water partition coefficient (Wildman–Crippen LogP) is -0.163. The van der Waals surface area contributed by atoms with E-state index in [9.17, 15) is 4.79 Å². The van der Waals surface area contributed by atoms with Gasteiger partial charge in [0.15, 0.2) is 0 Å². The third-order valence-electron chi connectivity index (χ3n) is 2.94. The maximum Gasteiger partial charge on any atom is 0.323 e. The quantitative estimate of drug-likeness (QED) is 0.576. The molecule has 1 aliphatic rings. The standard InChI is InChI=1S/C10H19NO4/c1-15-6-9(10(13)14)11-8-4-2-3-7(8)5-12/h7-9,11-12H,2-6H2,1H3,(H,13,14). The Hall–Kier alpha value is -0.650. The Balaban J connectivity index is 2.46. The summed E-state index contributed by atoms with van der Waals surface area (Å²) in [6.45, 7) is 0.279. The van der Waals surface area contributed by atoms with Crippen LogP contribution in [0.3, 0.4) is 0 Å². The van der Waals surface area contributed by atoms with Crippen LogP contribution < -0.4 is 5.32 Å². The summed E-state index contributed by atoms with van der Waals surface area (Å²) < 4.78 is 4.84. The number of aliphatic hydroxyl groups is 1. The predicted molar refractivity (Wildman–Crippen MR) is 54.7 cm³/mol.